The zero-order valence-corrected chi connectivity index (χ0v) is 8.99. The molecule has 0 fully saturated rings. The van der Waals surface area contributed by atoms with Crippen LogP contribution in [0.4, 0.5) is 14.5 Å². The maximum absolute atomic E-state index is 12.9. The second-order valence-electron chi connectivity index (χ2n) is 3.60. The number of anilines is 1. The molecule has 2 aromatic rings. The largest absolute Gasteiger partial charge is 0.487 e. The molecule has 17 heavy (non-hydrogen) atoms. The van der Waals surface area contributed by atoms with E-state index in [9.17, 15) is 8.78 Å². The smallest absolute Gasteiger partial charge is 0.145 e. The highest BCUT2D eigenvalue weighted by molar-refractivity contribution is 5.52. The Morgan fingerprint density at radius 1 is 0.941 bits per heavy atom. The van der Waals surface area contributed by atoms with Gasteiger partial charge in [-0.15, -0.1) is 0 Å². The Bertz CT molecular complexity index is 511. The minimum Gasteiger partial charge on any atom is -0.487 e. The van der Waals surface area contributed by atoms with Gasteiger partial charge in [0.1, 0.15) is 24.0 Å². The number of benzene rings is 2. The van der Waals surface area contributed by atoms with Crippen LogP contribution in [0.3, 0.4) is 0 Å². The average Bonchev–Trinajstić information content (AvgIpc) is 2.32. The number of ether oxygens (including phenoxy) is 1. The van der Waals surface area contributed by atoms with Gasteiger partial charge in [0.05, 0.1) is 5.69 Å². The molecule has 0 saturated carbocycles. The number of hydrogen-bond donors (Lipinski definition) is 1. The van der Waals surface area contributed by atoms with Gasteiger partial charge < -0.3 is 10.5 Å². The van der Waals surface area contributed by atoms with E-state index >= 15 is 0 Å². The summed E-state index contributed by atoms with van der Waals surface area (Å²) < 4.78 is 31.0. The van der Waals surface area contributed by atoms with E-state index in [4.69, 9.17) is 10.5 Å². The molecule has 4 heteroatoms. The Kier molecular flexibility index (Phi) is 3.23. The zero-order valence-electron chi connectivity index (χ0n) is 8.99. The van der Waals surface area contributed by atoms with Gasteiger partial charge in [0.15, 0.2) is 0 Å². The first kappa shape index (κ1) is 11.4. The molecule has 0 aliphatic rings. The van der Waals surface area contributed by atoms with Crippen molar-refractivity contribution in [2.24, 2.45) is 0 Å². The average molecular weight is 235 g/mol. The maximum atomic E-state index is 12.9. The molecule has 88 valence electrons. The van der Waals surface area contributed by atoms with Gasteiger partial charge in [-0.25, -0.2) is 8.78 Å². The van der Waals surface area contributed by atoms with Gasteiger partial charge in [0.2, 0.25) is 0 Å². The van der Waals surface area contributed by atoms with Gasteiger partial charge in [-0.2, -0.15) is 0 Å². The van der Waals surface area contributed by atoms with Crippen LogP contribution in [0.5, 0.6) is 5.75 Å². The van der Waals surface area contributed by atoms with E-state index in [1.165, 1.54) is 30.3 Å². The van der Waals surface area contributed by atoms with Gasteiger partial charge in [0.25, 0.3) is 0 Å². The third kappa shape index (κ3) is 2.93. The number of rotatable bonds is 3. The first-order chi connectivity index (χ1) is 8.15. The van der Waals surface area contributed by atoms with Crippen molar-refractivity contribution in [2.45, 2.75) is 6.61 Å². The minimum atomic E-state index is -0.409. The standard InChI is InChI=1S/C13H11F2NO/c14-10-3-1-9(2-4-10)8-17-13-7-11(15)5-6-12(13)16/h1-7H,8,16H2. The molecule has 0 saturated heterocycles. The third-order valence-electron chi connectivity index (χ3n) is 2.28. The molecular weight excluding hydrogens is 224 g/mol. The predicted molar refractivity (Wildman–Crippen MR) is 61.5 cm³/mol. The van der Waals surface area contributed by atoms with E-state index < -0.39 is 5.82 Å². The molecule has 2 N–H and O–H groups in total. The van der Waals surface area contributed by atoms with Crippen LogP contribution < -0.4 is 10.5 Å². The molecule has 0 amide bonds. The molecule has 0 aliphatic heterocycles. The van der Waals surface area contributed by atoms with Crippen LogP contribution in [0, 0.1) is 11.6 Å². The van der Waals surface area contributed by atoms with Crippen molar-refractivity contribution >= 4 is 5.69 Å². The first-order valence-electron chi connectivity index (χ1n) is 5.07. The highest BCUT2D eigenvalue weighted by Gasteiger charge is 2.03. The van der Waals surface area contributed by atoms with Crippen molar-refractivity contribution in [1.82, 2.24) is 0 Å². The summed E-state index contributed by atoms with van der Waals surface area (Å²) in [4.78, 5) is 0. The Hall–Kier alpha value is -2.10. The Balaban J connectivity index is 2.07. The van der Waals surface area contributed by atoms with Crippen molar-refractivity contribution in [3.8, 4) is 5.75 Å². The lowest BCUT2D eigenvalue weighted by Crippen LogP contribution is -1.99. The van der Waals surface area contributed by atoms with Crippen LogP contribution in [0.25, 0.3) is 0 Å². The van der Waals surface area contributed by atoms with E-state index in [1.807, 2.05) is 0 Å². The van der Waals surface area contributed by atoms with Gasteiger partial charge in [-0.3, -0.25) is 0 Å². The summed E-state index contributed by atoms with van der Waals surface area (Å²) in [6.45, 7) is 0.216. The van der Waals surface area contributed by atoms with E-state index in [2.05, 4.69) is 0 Å². The van der Waals surface area contributed by atoms with Gasteiger partial charge in [-0.1, -0.05) is 12.1 Å². The SMILES string of the molecule is Nc1ccc(F)cc1OCc1ccc(F)cc1. The van der Waals surface area contributed by atoms with Crippen molar-refractivity contribution in [1.29, 1.82) is 0 Å². The molecule has 0 bridgehead atoms. The molecule has 0 spiro atoms. The van der Waals surface area contributed by atoms with Crippen molar-refractivity contribution in [3.63, 3.8) is 0 Å². The lowest BCUT2D eigenvalue weighted by atomic mass is 10.2. The van der Waals surface area contributed by atoms with Crippen molar-refractivity contribution in [2.75, 3.05) is 5.73 Å². The molecule has 0 atom stereocenters. The molecule has 2 nitrogen and oxygen atoms in total. The van der Waals surface area contributed by atoms with Crippen LogP contribution in [0.1, 0.15) is 5.56 Å². The van der Waals surface area contributed by atoms with Crippen molar-refractivity contribution in [3.05, 3.63) is 59.7 Å². The number of nitrogens with two attached hydrogens (primary N) is 1. The van der Waals surface area contributed by atoms with Gasteiger partial charge in [-0.05, 0) is 29.8 Å². The highest BCUT2D eigenvalue weighted by Crippen LogP contribution is 2.23. The van der Waals surface area contributed by atoms with Crippen molar-refractivity contribution < 1.29 is 13.5 Å². The van der Waals surface area contributed by atoms with Crippen LogP contribution in [0.15, 0.2) is 42.5 Å². The number of hydrogen-bond acceptors (Lipinski definition) is 2. The number of nitrogen functional groups attached to an aromatic ring is 1. The maximum Gasteiger partial charge on any atom is 0.145 e. The summed E-state index contributed by atoms with van der Waals surface area (Å²) in [5, 5.41) is 0. The fourth-order valence-corrected chi connectivity index (χ4v) is 1.37. The second-order valence-corrected chi connectivity index (χ2v) is 3.60. The Labute approximate surface area is 97.6 Å². The molecule has 2 aromatic carbocycles. The molecule has 0 aliphatic carbocycles. The van der Waals surface area contributed by atoms with E-state index in [1.54, 1.807) is 12.1 Å². The molecule has 2 rings (SSSR count). The third-order valence-corrected chi connectivity index (χ3v) is 2.28. The molecular formula is C13H11F2NO. The van der Waals surface area contributed by atoms with Crippen LogP contribution in [-0.2, 0) is 6.61 Å². The Morgan fingerprint density at radius 2 is 1.59 bits per heavy atom. The topological polar surface area (TPSA) is 35.2 Å². The number of halogens is 2. The summed E-state index contributed by atoms with van der Waals surface area (Å²) in [6.07, 6.45) is 0. The first-order valence-corrected chi connectivity index (χ1v) is 5.07. The summed E-state index contributed by atoms with van der Waals surface area (Å²) in [5.74, 6) is -0.429. The summed E-state index contributed by atoms with van der Waals surface area (Å²) in [7, 11) is 0. The fourth-order valence-electron chi connectivity index (χ4n) is 1.37. The fraction of sp³-hybridized carbons (Fsp3) is 0.0769. The van der Waals surface area contributed by atoms with E-state index in [-0.39, 0.29) is 18.2 Å². The van der Waals surface area contributed by atoms with E-state index in [0.29, 0.717) is 5.69 Å². The predicted octanol–water partition coefficient (Wildman–Crippen LogP) is 3.13. The second kappa shape index (κ2) is 4.82. The van der Waals surface area contributed by atoms with E-state index in [0.717, 1.165) is 5.56 Å². The normalized spacial score (nSPS) is 10.2. The lowest BCUT2D eigenvalue weighted by molar-refractivity contribution is 0.306. The zero-order chi connectivity index (χ0) is 12.3. The summed E-state index contributed by atoms with van der Waals surface area (Å²) in [5.41, 5.74) is 6.78. The monoisotopic (exact) mass is 235 g/mol. The van der Waals surface area contributed by atoms with Gasteiger partial charge in [0, 0.05) is 6.07 Å². The molecule has 0 radical (unpaired) electrons. The van der Waals surface area contributed by atoms with Crippen LogP contribution in [0.2, 0.25) is 0 Å². The van der Waals surface area contributed by atoms with Crippen LogP contribution >= 0.6 is 0 Å². The lowest BCUT2D eigenvalue weighted by Gasteiger charge is -2.08. The molecule has 0 unspecified atom stereocenters. The molecule has 0 heterocycles. The summed E-state index contributed by atoms with van der Waals surface area (Å²) in [6, 6.07) is 9.81. The summed E-state index contributed by atoms with van der Waals surface area (Å²) >= 11 is 0. The van der Waals surface area contributed by atoms with Gasteiger partial charge >= 0.3 is 0 Å². The van der Waals surface area contributed by atoms with Crippen LogP contribution in [-0.4, -0.2) is 0 Å². The highest BCUT2D eigenvalue weighted by atomic mass is 19.1. The minimum absolute atomic E-state index is 0.216. The molecule has 0 aromatic heterocycles. The quantitative estimate of drug-likeness (QED) is 0.829. The Morgan fingerprint density at radius 3 is 2.29 bits per heavy atom.